The van der Waals surface area contributed by atoms with Gasteiger partial charge in [-0.2, -0.15) is 0 Å². The molecule has 2 aromatic carbocycles. The third-order valence-electron chi connectivity index (χ3n) is 3.12. The lowest BCUT2D eigenvalue weighted by atomic mass is 10.1. The number of benzene rings is 2. The number of nitrogens with two attached hydrogens (primary N) is 1. The van der Waals surface area contributed by atoms with Crippen LogP contribution in [0.15, 0.2) is 42.5 Å². The number of nitrogen functional groups attached to an aromatic ring is 1. The quantitative estimate of drug-likeness (QED) is 0.823. The molecule has 0 atom stereocenters. The van der Waals surface area contributed by atoms with Crippen LogP contribution < -0.4 is 10.6 Å². The Morgan fingerprint density at radius 3 is 2.65 bits per heavy atom. The molecule has 0 amide bonds. The van der Waals surface area contributed by atoms with Gasteiger partial charge < -0.3 is 10.6 Å². The summed E-state index contributed by atoms with van der Waals surface area (Å²) in [5.74, 6) is -0.348. The van der Waals surface area contributed by atoms with Gasteiger partial charge in [0.25, 0.3) is 0 Å². The summed E-state index contributed by atoms with van der Waals surface area (Å²) in [6.45, 7) is 3.40. The topological polar surface area (TPSA) is 29.3 Å². The zero-order valence-corrected chi connectivity index (χ0v) is 12.2. The van der Waals surface area contributed by atoms with Crippen molar-refractivity contribution < 1.29 is 4.39 Å². The fourth-order valence-corrected chi connectivity index (χ4v) is 2.36. The lowest BCUT2D eigenvalue weighted by molar-refractivity contribution is 0.603. The highest BCUT2D eigenvalue weighted by molar-refractivity contribution is 6.30. The molecule has 106 valence electrons. The maximum Gasteiger partial charge on any atom is 0.146 e. The predicted molar refractivity (Wildman–Crippen MR) is 83.6 cm³/mol. The van der Waals surface area contributed by atoms with E-state index in [9.17, 15) is 4.39 Å². The van der Waals surface area contributed by atoms with Gasteiger partial charge in [-0.3, -0.25) is 0 Å². The molecule has 0 spiro atoms. The Labute approximate surface area is 124 Å². The van der Waals surface area contributed by atoms with Crippen LogP contribution in [-0.4, -0.2) is 6.54 Å². The Morgan fingerprint density at radius 1 is 1.20 bits per heavy atom. The van der Waals surface area contributed by atoms with Gasteiger partial charge in [-0.05, 0) is 30.7 Å². The first-order chi connectivity index (χ1) is 9.61. The molecule has 0 aliphatic carbocycles. The molecule has 0 aliphatic rings. The molecular formula is C16H18ClFN2. The van der Waals surface area contributed by atoms with E-state index < -0.39 is 0 Å². The summed E-state index contributed by atoms with van der Waals surface area (Å²) in [5.41, 5.74) is 8.10. The van der Waals surface area contributed by atoms with Gasteiger partial charge >= 0.3 is 0 Å². The molecule has 2 rings (SSSR count). The third-order valence-corrected chi connectivity index (χ3v) is 3.41. The van der Waals surface area contributed by atoms with Crippen molar-refractivity contribution in [2.75, 3.05) is 17.2 Å². The largest absolute Gasteiger partial charge is 0.399 e. The molecule has 0 saturated heterocycles. The van der Waals surface area contributed by atoms with E-state index in [4.69, 9.17) is 17.3 Å². The maximum atomic E-state index is 14.0. The summed E-state index contributed by atoms with van der Waals surface area (Å²) in [7, 11) is 0. The maximum absolute atomic E-state index is 14.0. The number of hydrogen-bond acceptors (Lipinski definition) is 2. The minimum atomic E-state index is -0.348. The van der Waals surface area contributed by atoms with Crippen LogP contribution in [-0.2, 0) is 6.54 Å². The van der Waals surface area contributed by atoms with Gasteiger partial charge in [0.15, 0.2) is 0 Å². The lowest BCUT2D eigenvalue weighted by Gasteiger charge is -2.25. The second-order valence-electron chi connectivity index (χ2n) is 4.73. The molecule has 2 nitrogen and oxygen atoms in total. The van der Waals surface area contributed by atoms with Crippen molar-refractivity contribution in [1.82, 2.24) is 0 Å². The van der Waals surface area contributed by atoms with E-state index in [1.54, 1.807) is 18.2 Å². The van der Waals surface area contributed by atoms with Crippen LogP contribution in [0.4, 0.5) is 15.8 Å². The Hall–Kier alpha value is -1.74. The highest BCUT2D eigenvalue weighted by Gasteiger charge is 2.12. The number of halogens is 2. The van der Waals surface area contributed by atoms with Crippen molar-refractivity contribution in [2.45, 2.75) is 19.9 Å². The smallest absolute Gasteiger partial charge is 0.146 e. The van der Waals surface area contributed by atoms with Crippen LogP contribution >= 0.6 is 11.6 Å². The highest BCUT2D eigenvalue weighted by Crippen LogP contribution is 2.24. The van der Waals surface area contributed by atoms with E-state index in [0.29, 0.717) is 17.8 Å². The fourth-order valence-electron chi connectivity index (χ4n) is 2.17. The van der Waals surface area contributed by atoms with Gasteiger partial charge in [-0.1, -0.05) is 36.7 Å². The molecule has 0 radical (unpaired) electrons. The normalized spacial score (nSPS) is 10.6. The van der Waals surface area contributed by atoms with E-state index in [0.717, 1.165) is 18.7 Å². The second-order valence-corrected chi connectivity index (χ2v) is 5.14. The summed E-state index contributed by atoms with van der Waals surface area (Å²) in [4.78, 5) is 2.10. The first kappa shape index (κ1) is 14.7. The molecule has 0 bridgehead atoms. The van der Waals surface area contributed by atoms with E-state index in [1.165, 1.54) is 0 Å². The van der Waals surface area contributed by atoms with Crippen molar-refractivity contribution in [3.8, 4) is 0 Å². The molecule has 0 saturated carbocycles. The SMILES string of the molecule is CCCN(Cc1cccc(Cl)c1F)c1cccc(N)c1. The van der Waals surface area contributed by atoms with E-state index in [2.05, 4.69) is 11.8 Å². The third kappa shape index (κ3) is 3.42. The fraction of sp³-hybridized carbons (Fsp3) is 0.250. The number of anilines is 2. The molecule has 2 aromatic rings. The summed E-state index contributed by atoms with van der Waals surface area (Å²) >= 11 is 5.83. The Morgan fingerprint density at radius 2 is 1.95 bits per heavy atom. The highest BCUT2D eigenvalue weighted by atomic mass is 35.5. The van der Waals surface area contributed by atoms with Crippen LogP contribution in [0.1, 0.15) is 18.9 Å². The average Bonchev–Trinajstić information content (AvgIpc) is 2.43. The van der Waals surface area contributed by atoms with Crippen molar-refractivity contribution in [3.63, 3.8) is 0 Å². The van der Waals surface area contributed by atoms with Crippen LogP contribution in [0.3, 0.4) is 0 Å². The zero-order valence-electron chi connectivity index (χ0n) is 11.4. The van der Waals surface area contributed by atoms with Gasteiger partial charge in [0.2, 0.25) is 0 Å². The van der Waals surface area contributed by atoms with Crippen LogP contribution in [0, 0.1) is 5.82 Å². The molecule has 4 heteroatoms. The lowest BCUT2D eigenvalue weighted by Crippen LogP contribution is -2.24. The van der Waals surface area contributed by atoms with E-state index in [-0.39, 0.29) is 10.8 Å². The standard InChI is InChI=1S/C16H18ClFN2/c1-2-9-20(14-7-4-6-13(19)10-14)11-12-5-3-8-15(17)16(12)18/h3-8,10H,2,9,11,19H2,1H3. The van der Waals surface area contributed by atoms with Gasteiger partial charge in [0, 0.05) is 30.0 Å². The Bertz CT molecular complexity index is 586. The first-order valence-corrected chi connectivity index (χ1v) is 7.03. The monoisotopic (exact) mass is 292 g/mol. The van der Waals surface area contributed by atoms with E-state index >= 15 is 0 Å². The number of nitrogens with zero attached hydrogens (tertiary/aromatic N) is 1. The minimum absolute atomic E-state index is 0.159. The number of hydrogen-bond donors (Lipinski definition) is 1. The molecule has 0 aliphatic heterocycles. The van der Waals surface area contributed by atoms with Crippen LogP contribution in [0.25, 0.3) is 0 Å². The molecular weight excluding hydrogens is 275 g/mol. The van der Waals surface area contributed by atoms with Gasteiger partial charge in [-0.25, -0.2) is 4.39 Å². The van der Waals surface area contributed by atoms with Crippen LogP contribution in [0.5, 0.6) is 0 Å². The van der Waals surface area contributed by atoms with Gasteiger partial charge in [0.05, 0.1) is 5.02 Å². The van der Waals surface area contributed by atoms with E-state index in [1.807, 2.05) is 24.3 Å². The second kappa shape index (κ2) is 6.62. The molecule has 0 fully saturated rings. The van der Waals surface area contributed by atoms with Gasteiger partial charge in [-0.15, -0.1) is 0 Å². The number of rotatable bonds is 5. The van der Waals surface area contributed by atoms with Crippen molar-refractivity contribution in [2.24, 2.45) is 0 Å². The molecule has 0 heterocycles. The summed E-state index contributed by atoms with van der Waals surface area (Å²) in [6.07, 6.45) is 0.969. The molecule has 20 heavy (non-hydrogen) atoms. The van der Waals surface area contributed by atoms with Crippen LogP contribution in [0.2, 0.25) is 5.02 Å². The molecule has 0 unspecified atom stereocenters. The molecule has 0 aromatic heterocycles. The summed E-state index contributed by atoms with van der Waals surface area (Å²) in [6, 6.07) is 12.7. The van der Waals surface area contributed by atoms with Crippen molar-refractivity contribution >= 4 is 23.0 Å². The van der Waals surface area contributed by atoms with Crippen molar-refractivity contribution in [3.05, 3.63) is 58.9 Å². The average molecular weight is 293 g/mol. The zero-order chi connectivity index (χ0) is 14.5. The van der Waals surface area contributed by atoms with Gasteiger partial charge in [0.1, 0.15) is 5.82 Å². The Balaban J connectivity index is 2.28. The summed E-state index contributed by atoms with van der Waals surface area (Å²) < 4.78 is 14.0. The van der Waals surface area contributed by atoms with Crippen molar-refractivity contribution in [1.29, 1.82) is 0 Å². The Kier molecular flexibility index (Phi) is 4.85. The summed E-state index contributed by atoms with van der Waals surface area (Å²) in [5, 5.41) is 0.159. The molecule has 2 N–H and O–H groups in total. The predicted octanol–water partition coefficient (Wildman–Crippen LogP) is 4.48. The minimum Gasteiger partial charge on any atom is -0.399 e. The first-order valence-electron chi connectivity index (χ1n) is 6.65.